The summed E-state index contributed by atoms with van der Waals surface area (Å²) in [6, 6.07) is 20.1. The van der Waals surface area contributed by atoms with E-state index in [1.54, 1.807) is 23.7 Å². The molecule has 0 aliphatic heterocycles. The van der Waals surface area contributed by atoms with Crippen LogP contribution in [-0.4, -0.2) is 29.5 Å². The molecule has 4 aromatic heterocycles. The minimum absolute atomic E-state index is 0.648. The smallest absolute Gasteiger partial charge is 0.217 e. The zero-order valence-electron chi connectivity index (χ0n) is 14.9. The average molecular weight is 413 g/mol. The van der Waals surface area contributed by atoms with Crippen molar-refractivity contribution in [2.45, 2.75) is 10.2 Å². The molecule has 0 radical (unpaired) electrons. The van der Waals surface area contributed by atoms with E-state index < -0.39 is 0 Å². The number of aromatic nitrogens is 6. The van der Waals surface area contributed by atoms with Crippen LogP contribution in [0.2, 0.25) is 0 Å². The molecule has 0 aliphatic carbocycles. The van der Waals surface area contributed by atoms with E-state index in [2.05, 4.69) is 31.7 Å². The van der Waals surface area contributed by atoms with Gasteiger partial charge in [-0.25, -0.2) is 9.97 Å². The first kappa shape index (κ1) is 16.6. The van der Waals surface area contributed by atoms with E-state index in [4.69, 9.17) is 9.97 Å². The quantitative estimate of drug-likeness (QED) is 0.377. The summed E-state index contributed by atoms with van der Waals surface area (Å²) in [6.07, 6.45) is 3.52. The lowest BCUT2D eigenvalue weighted by molar-refractivity contribution is 0.936. The molecule has 8 heteroatoms. The van der Waals surface area contributed by atoms with E-state index in [1.165, 1.54) is 16.5 Å². The molecule has 0 saturated heterocycles. The van der Waals surface area contributed by atoms with Gasteiger partial charge in [0, 0.05) is 23.3 Å². The number of hydrogen-bond acceptors (Lipinski definition) is 7. The van der Waals surface area contributed by atoms with Crippen LogP contribution in [0.25, 0.3) is 37.5 Å². The molecule has 0 spiro atoms. The maximum Gasteiger partial charge on any atom is 0.217 e. The Morgan fingerprint density at radius 2 is 1.76 bits per heavy atom. The highest BCUT2D eigenvalue weighted by atomic mass is 32.2. The molecule has 0 aliphatic rings. The van der Waals surface area contributed by atoms with Crippen molar-refractivity contribution in [3.05, 3.63) is 73.1 Å². The highest BCUT2D eigenvalue weighted by molar-refractivity contribution is 7.99. The minimum atomic E-state index is 0.648. The van der Waals surface area contributed by atoms with E-state index in [0.717, 1.165) is 37.1 Å². The van der Waals surface area contributed by atoms with Crippen molar-refractivity contribution in [3.63, 3.8) is 0 Å². The number of fused-ring (bicyclic) bond motifs is 4. The fourth-order valence-electron chi connectivity index (χ4n) is 3.26. The fraction of sp³-hybridized carbons (Fsp3) is 0. The Labute approximate surface area is 173 Å². The molecule has 29 heavy (non-hydrogen) atoms. The third kappa shape index (κ3) is 2.76. The molecule has 6 nitrogen and oxygen atoms in total. The first-order valence-electron chi connectivity index (χ1n) is 8.94. The van der Waals surface area contributed by atoms with Gasteiger partial charge in [0.05, 0.1) is 15.7 Å². The Morgan fingerprint density at radius 3 is 2.69 bits per heavy atom. The van der Waals surface area contributed by atoms with Gasteiger partial charge in [0.2, 0.25) is 10.1 Å². The summed E-state index contributed by atoms with van der Waals surface area (Å²) in [6.45, 7) is 0. The lowest BCUT2D eigenvalue weighted by Gasteiger charge is -2.07. The van der Waals surface area contributed by atoms with Crippen molar-refractivity contribution >= 4 is 49.2 Å². The Bertz CT molecular complexity index is 1490. The molecule has 2 aromatic carbocycles. The Hall–Kier alpha value is -3.36. The predicted molar refractivity (Wildman–Crippen MR) is 115 cm³/mol. The van der Waals surface area contributed by atoms with Gasteiger partial charge in [-0.3, -0.25) is 9.38 Å². The number of hydrogen-bond donors (Lipinski definition) is 0. The van der Waals surface area contributed by atoms with Gasteiger partial charge in [0.1, 0.15) is 5.03 Å². The standard InChI is InChI=1S/C21H12N6S2/c1-2-8-15-14(7-1)19(24-18(23-15)13-6-5-11-22-12-13)29-21-26-25-20-27(21)16-9-3-4-10-17(16)28-20/h1-12H. The van der Waals surface area contributed by atoms with Gasteiger partial charge in [0.15, 0.2) is 5.82 Å². The van der Waals surface area contributed by atoms with Crippen molar-refractivity contribution in [3.8, 4) is 11.4 Å². The second kappa shape index (κ2) is 6.61. The van der Waals surface area contributed by atoms with Gasteiger partial charge in [0.25, 0.3) is 0 Å². The summed E-state index contributed by atoms with van der Waals surface area (Å²) in [4.78, 5) is 14.7. The van der Waals surface area contributed by atoms with Crippen molar-refractivity contribution in [2.24, 2.45) is 0 Å². The molecule has 6 aromatic rings. The van der Waals surface area contributed by atoms with Gasteiger partial charge in [-0.05, 0) is 42.1 Å². The lowest BCUT2D eigenvalue weighted by atomic mass is 10.2. The van der Waals surface area contributed by atoms with Crippen LogP contribution in [0.15, 0.2) is 83.2 Å². The number of thiazole rings is 1. The number of benzene rings is 2. The summed E-state index contributed by atoms with van der Waals surface area (Å²) in [5, 5.41) is 11.4. The van der Waals surface area contributed by atoms with E-state index in [1.807, 2.05) is 48.5 Å². The predicted octanol–water partition coefficient (Wildman–Crippen LogP) is 5.10. The molecule has 0 saturated carbocycles. The molecule has 138 valence electrons. The van der Waals surface area contributed by atoms with Gasteiger partial charge in [-0.15, -0.1) is 10.2 Å². The van der Waals surface area contributed by atoms with Crippen LogP contribution in [0, 0.1) is 0 Å². The SMILES string of the molecule is c1cncc(-c2nc(Sc3nnc4sc5ccccc5n34)c3ccccc3n2)c1. The van der Waals surface area contributed by atoms with Crippen molar-refractivity contribution in [1.82, 2.24) is 29.5 Å². The van der Waals surface area contributed by atoms with E-state index in [0.29, 0.717) is 5.82 Å². The molecule has 0 atom stereocenters. The van der Waals surface area contributed by atoms with E-state index in [9.17, 15) is 0 Å². The van der Waals surface area contributed by atoms with Crippen molar-refractivity contribution in [2.75, 3.05) is 0 Å². The van der Waals surface area contributed by atoms with E-state index >= 15 is 0 Å². The molecule has 0 bridgehead atoms. The monoisotopic (exact) mass is 412 g/mol. The van der Waals surface area contributed by atoms with Crippen LogP contribution < -0.4 is 0 Å². The third-order valence-corrected chi connectivity index (χ3v) is 6.55. The summed E-state index contributed by atoms with van der Waals surface area (Å²) in [5.41, 5.74) is 2.87. The fourth-order valence-corrected chi connectivity index (χ4v) is 5.23. The molecular weight excluding hydrogens is 400 g/mol. The molecule has 6 rings (SSSR count). The average Bonchev–Trinajstić information content (AvgIpc) is 3.34. The van der Waals surface area contributed by atoms with Crippen LogP contribution >= 0.6 is 23.1 Å². The highest BCUT2D eigenvalue weighted by Gasteiger charge is 2.17. The molecule has 0 amide bonds. The third-order valence-electron chi connectivity index (χ3n) is 4.59. The van der Waals surface area contributed by atoms with Gasteiger partial charge in [-0.2, -0.15) is 0 Å². The van der Waals surface area contributed by atoms with Crippen LogP contribution in [0.4, 0.5) is 0 Å². The highest BCUT2D eigenvalue weighted by Crippen LogP contribution is 2.35. The van der Waals surface area contributed by atoms with Crippen LogP contribution in [-0.2, 0) is 0 Å². The Morgan fingerprint density at radius 1 is 0.862 bits per heavy atom. The number of nitrogens with zero attached hydrogens (tertiary/aromatic N) is 6. The zero-order valence-corrected chi connectivity index (χ0v) is 16.6. The first-order chi connectivity index (χ1) is 14.4. The van der Waals surface area contributed by atoms with Crippen molar-refractivity contribution < 1.29 is 0 Å². The molecule has 0 fully saturated rings. The summed E-state index contributed by atoms with van der Waals surface area (Å²) >= 11 is 3.14. The maximum atomic E-state index is 4.85. The Balaban J connectivity index is 1.55. The minimum Gasteiger partial charge on any atom is -0.264 e. The zero-order chi connectivity index (χ0) is 19.2. The van der Waals surface area contributed by atoms with Gasteiger partial charge >= 0.3 is 0 Å². The van der Waals surface area contributed by atoms with Crippen LogP contribution in [0.3, 0.4) is 0 Å². The Kier molecular flexibility index (Phi) is 3.78. The molecule has 0 N–H and O–H groups in total. The second-order valence-electron chi connectivity index (χ2n) is 6.38. The summed E-state index contributed by atoms with van der Waals surface area (Å²) < 4.78 is 3.27. The van der Waals surface area contributed by atoms with Crippen molar-refractivity contribution in [1.29, 1.82) is 0 Å². The molecule has 4 heterocycles. The largest absolute Gasteiger partial charge is 0.264 e. The summed E-state index contributed by atoms with van der Waals surface area (Å²) in [5.74, 6) is 0.648. The van der Waals surface area contributed by atoms with E-state index in [-0.39, 0.29) is 0 Å². The topological polar surface area (TPSA) is 68.9 Å². The summed E-state index contributed by atoms with van der Waals surface area (Å²) in [7, 11) is 0. The number of para-hydroxylation sites is 2. The molecule has 0 unspecified atom stereocenters. The van der Waals surface area contributed by atoms with Crippen LogP contribution in [0.1, 0.15) is 0 Å². The maximum absolute atomic E-state index is 4.85. The number of rotatable bonds is 3. The van der Waals surface area contributed by atoms with Gasteiger partial charge in [-0.1, -0.05) is 41.7 Å². The molecular formula is C21H12N6S2. The number of pyridine rings is 1. The lowest BCUT2D eigenvalue weighted by Crippen LogP contribution is -1.95. The second-order valence-corrected chi connectivity index (χ2v) is 8.35. The normalized spacial score (nSPS) is 11.6. The van der Waals surface area contributed by atoms with Gasteiger partial charge < -0.3 is 0 Å². The first-order valence-corrected chi connectivity index (χ1v) is 10.6. The van der Waals surface area contributed by atoms with Crippen LogP contribution in [0.5, 0.6) is 0 Å².